The highest BCUT2D eigenvalue weighted by molar-refractivity contribution is 6.07. The maximum Gasteiger partial charge on any atom is 0.0409 e. The molecule has 3 rings (SSSR count). The van der Waals surface area contributed by atoms with Crippen LogP contribution in [0.2, 0.25) is 0 Å². The lowest BCUT2D eigenvalue weighted by atomic mass is 9.90. The minimum Gasteiger partial charge on any atom is -0.398 e. The van der Waals surface area contributed by atoms with Crippen LogP contribution in [0.3, 0.4) is 0 Å². The molecule has 2 aromatic rings. The molecule has 25 heavy (non-hydrogen) atoms. The van der Waals surface area contributed by atoms with Gasteiger partial charge < -0.3 is 11.1 Å². The first-order valence-corrected chi connectivity index (χ1v) is 8.05. The van der Waals surface area contributed by atoms with Crippen molar-refractivity contribution >= 4 is 29.1 Å². The van der Waals surface area contributed by atoms with Gasteiger partial charge in [0.15, 0.2) is 0 Å². The Labute approximate surface area is 148 Å². The molecule has 0 aliphatic heterocycles. The van der Waals surface area contributed by atoms with Crippen LogP contribution >= 0.6 is 0 Å². The summed E-state index contributed by atoms with van der Waals surface area (Å²) in [6.07, 6.45) is 11.2. The van der Waals surface area contributed by atoms with Gasteiger partial charge in [0.1, 0.15) is 0 Å². The van der Waals surface area contributed by atoms with E-state index in [0.717, 1.165) is 39.0 Å². The lowest BCUT2D eigenvalue weighted by Gasteiger charge is -2.14. The molecule has 0 saturated carbocycles. The fraction of sp³-hybridized carbons (Fsp3) is 0. The van der Waals surface area contributed by atoms with Crippen LogP contribution in [0, 0.1) is 5.41 Å². The van der Waals surface area contributed by atoms with Crippen LogP contribution in [0.4, 0.5) is 5.69 Å². The van der Waals surface area contributed by atoms with Gasteiger partial charge in [0.2, 0.25) is 0 Å². The molecule has 3 N–H and O–H groups in total. The second-order valence-corrected chi connectivity index (χ2v) is 5.89. The molecule has 0 fully saturated rings. The van der Waals surface area contributed by atoms with E-state index in [9.17, 15) is 0 Å². The Bertz CT molecular complexity index is 939. The van der Waals surface area contributed by atoms with Gasteiger partial charge in [-0.1, -0.05) is 73.9 Å². The standard InChI is InChI=1S/C23H20N2/c1-3-17-7-9-18(10-8-17)22-13-16(2)5-4-6-21(22)19-11-12-20(15-24)23(25)14-19/h3-15,24H,1-2,25H2. The third kappa shape index (κ3) is 3.43. The molecule has 1 aliphatic carbocycles. The van der Waals surface area contributed by atoms with E-state index in [4.69, 9.17) is 11.1 Å². The van der Waals surface area contributed by atoms with E-state index < -0.39 is 0 Å². The number of rotatable bonds is 4. The largest absolute Gasteiger partial charge is 0.398 e. The van der Waals surface area contributed by atoms with Crippen molar-refractivity contribution in [3.63, 3.8) is 0 Å². The Morgan fingerprint density at radius 1 is 0.960 bits per heavy atom. The van der Waals surface area contributed by atoms with Crippen molar-refractivity contribution < 1.29 is 0 Å². The van der Waals surface area contributed by atoms with Gasteiger partial charge in [0.25, 0.3) is 0 Å². The minimum absolute atomic E-state index is 0.599. The average Bonchev–Trinajstić information content (AvgIpc) is 2.83. The molecule has 0 aromatic heterocycles. The van der Waals surface area contributed by atoms with Gasteiger partial charge in [0.05, 0.1) is 0 Å². The third-order valence-electron chi connectivity index (χ3n) is 4.20. The van der Waals surface area contributed by atoms with Crippen LogP contribution < -0.4 is 5.73 Å². The highest BCUT2D eigenvalue weighted by Crippen LogP contribution is 2.35. The predicted molar refractivity (Wildman–Crippen MR) is 110 cm³/mol. The van der Waals surface area contributed by atoms with Gasteiger partial charge in [-0.05, 0) is 45.6 Å². The molecule has 2 heteroatoms. The first kappa shape index (κ1) is 16.5. The lowest BCUT2D eigenvalue weighted by Crippen LogP contribution is -1.97. The SMILES string of the molecule is C=Cc1ccc(C2=CC(=C)C=CC=C2c2ccc(C=N)c(N)c2)cc1. The number of benzene rings is 2. The van der Waals surface area contributed by atoms with E-state index in [1.165, 1.54) is 6.21 Å². The Balaban J connectivity index is 2.12. The third-order valence-corrected chi connectivity index (χ3v) is 4.20. The van der Waals surface area contributed by atoms with Crippen LogP contribution in [-0.2, 0) is 0 Å². The van der Waals surface area contributed by atoms with Crippen molar-refractivity contribution in [3.05, 3.63) is 108 Å². The van der Waals surface area contributed by atoms with Gasteiger partial charge in [-0.25, -0.2) is 0 Å². The monoisotopic (exact) mass is 324 g/mol. The number of anilines is 1. The summed E-state index contributed by atoms with van der Waals surface area (Å²) in [4.78, 5) is 0. The Hall–Kier alpha value is -3.39. The van der Waals surface area contributed by atoms with Crippen LogP contribution in [0.15, 0.2) is 85.5 Å². The maximum atomic E-state index is 7.41. The quantitative estimate of drug-likeness (QED) is 0.566. The fourth-order valence-corrected chi connectivity index (χ4v) is 2.83. The van der Waals surface area contributed by atoms with Crippen molar-refractivity contribution in [2.75, 3.05) is 5.73 Å². The van der Waals surface area contributed by atoms with Gasteiger partial charge in [-0.15, -0.1) is 0 Å². The molecular weight excluding hydrogens is 304 g/mol. The molecule has 0 heterocycles. The van der Waals surface area contributed by atoms with Crippen molar-refractivity contribution in [2.24, 2.45) is 0 Å². The zero-order valence-electron chi connectivity index (χ0n) is 14.0. The molecule has 2 nitrogen and oxygen atoms in total. The van der Waals surface area contributed by atoms with Crippen LogP contribution in [0.25, 0.3) is 17.2 Å². The van der Waals surface area contributed by atoms with E-state index >= 15 is 0 Å². The second kappa shape index (κ2) is 7.02. The van der Waals surface area contributed by atoms with Gasteiger partial charge in [-0.2, -0.15) is 0 Å². The summed E-state index contributed by atoms with van der Waals surface area (Å²) < 4.78 is 0. The van der Waals surface area contributed by atoms with Gasteiger partial charge in [-0.3, -0.25) is 0 Å². The van der Waals surface area contributed by atoms with Gasteiger partial charge >= 0.3 is 0 Å². The minimum atomic E-state index is 0.599. The molecule has 0 saturated heterocycles. The Morgan fingerprint density at radius 3 is 2.32 bits per heavy atom. The number of nitrogens with one attached hydrogen (secondary N) is 1. The Kier molecular flexibility index (Phi) is 4.62. The summed E-state index contributed by atoms with van der Waals surface area (Å²) in [7, 11) is 0. The summed E-state index contributed by atoms with van der Waals surface area (Å²) >= 11 is 0. The molecule has 0 spiro atoms. The summed E-state index contributed by atoms with van der Waals surface area (Å²) in [5.41, 5.74) is 13.7. The molecule has 0 bridgehead atoms. The number of nitrogens with two attached hydrogens (primary N) is 1. The van der Waals surface area contributed by atoms with Gasteiger partial charge in [0, 0.05) is 17.5 Å². The molecule has 1 aliphatic rings. The molecule has 0 unspecified atom stereocenters. The number of hydrogen-bond acceptors (Lipinski definition) is 2. The average molecular weight is 324 g/mol. The highest BCUT2D eigenvalue weighted by atomic mass is 14.6. The van der Waals surface area contributed by atoms with Crippen molar-refractivity contribution in [2.45, 2.75) is 0 Å². The van der Waals surface area contributed by atoms with E-state index in [0.29, 0.717) is 5.69 Å². The first-order chi connectivity index (χ1) is 12.1. The smallest absolute Gasteiger partial charge is 0.0409 e. The number of nitrogen functional groups attached to an aromatic ring is 1. The van der Waals surface area contributed by atoms with Crippen LogP contribution in [0.1, 0.15) is 22.3 Å². The zero-order chi connectivity index (χ0) is 17.8. The summed E-state index contributed by atoms with van der Waals surface area (Å²) in [6.45, 7) is 7.90. The molecule has 2 aromatic carbocycles. The van der Waals surface area contributed by atoms with Crippen molar-refractivity contribution in [3.8, 4) is 0 Å². The normalized spacial score (nSPS) is 13.7. The first-order valence-electron chi connectivity index (χ1n) is 8.05. The van der Waals surface area contributed by atoms with E-state index in [1.54, 1.807) is 0 Å². The second-order valence-electron chi connectivity index (χ2n) is 5.89. The van der Waals surface area contributed by atoms with E-state index in [-0.39, 0.29) is 0 Å². The van der Waals surface area contributed by atoms with Crippen LogP contribution in [-0.4, -0.2) is 6.21 Å². The number of hydrogen-bond donors (Lipinski definition) is 2. The highest BCUT2D eigenvalue weighted by Gasteiger charge is 2.13. The summed E-state index contributed by atoms with van der Waals surface area (Å²) in [5, 5.41) is 7.41. The lowest BCUT2D eigenvalue weighted by molar-refractivity contribution is 1.52. The van der Waals surface area contributed by atoms with E-state index in [1.807, 2.05) is 48.6 Å². The fourth-order valence-electron chi connectivity index (χ4n) is 2.83. The zero-order valence-corrected chi connectivity index (χ0v) is 14.0. The van der Waals surface area contributed by atoms with E-state index in [2.05, 4.69) is 37.4 Å². The molecular formula is C23H20N2. The maximum absolute atomic E-state index is 7.41. The Morgan fingerprint density at radius 2 is 1.68 bits per heavy atom. The molecule has 0 amide bonds. The van der Waals surface area contributed by atoms with Crippen molar-refractivity contribution in [1.29, 1.82) is 5.41 Å². The van der Waals surface area contributed by atoms with Crippen molar-refractivity contribution in [1.82, 2.24) is 0 Å². The van der Waals surface area contributed by atoms with Crippen LogP contribution in [0.5, 0.6) is 0 Å². The number of allylic oxidation sites excluding steroid dienone is 7. The molecule has 122 valence electrons. The summed E-state index contributed by atoms with van der Waals surface area (Å²) in [5.74, 6) is 0. The summed E-state index contributed by atoms with van der Waals surface area (Å²) in [6, 6.07) is 14.1. The predicted octanol–water partition coefficient (Wildman–Crippen LogP) is 5.50. The molecule has 0 radical (unpaired) electrons. The topological polar surface area (TPSA) is 49.9 Å². The molecule has 0 atom stereocenters.